The van der Waals surface area contributed by atoms with E-state index < -0.39 is 0 Å². The van der Waals surface area contributed by atoms with Crippen molar-refractivity contribution >= 4 is 57.8 Å². The Labute approximate surface area is 238 Å². The zero-order chi connectivity index (χ0) is 26.5. The van der Waals surface area contributed by atoms with Crippen LogP contribution in [0.3, 0.4) is 0 Å². The van der Waals surface area contributed by atoms with Gasteiger partial charge in [0.2, 0.25) is 0 Å². The molecule has 1 amide bonds. The number of hydrogen-bond acceptors (Lipinski definition) is 4. The van der Waals surface area contributed by atoms with E-state index in [0.717, 1.165) is 54.1 Å². The Morgan fingerprint density at radius 2 is 1.76 bits per heavy atom. The summed E-state index contributed by atoms with van der Waals surface area (Å²) in [5.74, 6) is 0.704. The average Bonchev–Trinajstić information content (AvgIpc) is 3.23. The number of aliphatic imine (C=N–C) groups is 1. The molecule has 7 heteroatoms. The van der Waals surface area contributed by atoms with Crippen LogP contribution >= 0.6 is 35.0 Å². The van der Waals surface area contributed by atoms with Gasteiger partial charge in [-0.3, -0.25) is 9.69 Å². The maximum atomic E-state index is 13.8. The molecule has 0 atom stereocenters. The minimum atomic E-state index is 0.0187. The van der Waals surface area contributed by atoms with Crippen molar-refractivity contribution in [3.8, 4) is 5.75 Å². The van der Waals surface area contributed by atoms with Crippen LogP contribution in [0.4, 0.5) is 5.69 Å². The first-order valence-electron chi connectivity index (χ1n) is 13.1. The number of benzene rings is 3. The maximum absolute atomic E-state index is 13.8. The molecule has 1 saturated carbocycles. The van der Waals surface area contributed by atoms with Gasteiger partial charge in [-0.15, -0.1) is 0 Å². The third-order valence-electron chi connectivity index (χ3n) is 6.97. The van der Waals surface area contributed by atoms with Crippen molar-refractivity contribution < 1.29 is 9.53 Å². The highest BCUT2D eigenvalue weighted by atomic mass is 35.5. The molecule has 0 aromatic heterocycles. The van der Waals surface area contributed by atoms with Crippen LogP contribution in [-0.4, -0.2) is 22.0 Å². The quantitative estimate of drug-likeness (QED) is 0.269. The summed E-state index contributed by atoms with van der Waals surface area (Å²) in [6.07, 6.45) is 8.34. The van der Waals surface area contributed by atoms with Crippen LogP contribution in [0.5, 0.6) is 5.75 Å². The maximum Gasteiger partial charge on any atom is 0.267 e. The largest absolute Gasteiger partial charge is 0.488 e. The van der Waals surface area contributed by atoms with Crippen LogP contribution < -0.4 is 4.74 Å². The first kappa shape index (κ1) is 26.9. The van der Waals surface area contributed by atoms with E-state index in [2.05, 4.69) is 13.0 Å². The van der Waals surface area contributed by atoms with Gasteiger partial charge < -0.3 is 4.74 Å². The van der Waals surface area contributed by atoms with Gasteiger partial charge in [0.05, 0.1) is 10.6 Å². The molecule has 0 unspecified atom stereocenters. The molecule has 0 spiro atoms. The summed E-state index contributed by atoms with van der Waals surface area (Å²) in [4.78, 5) is 21.4. The van der Waals surface area contributed by atoms with Gasteiger partial charge in [0.15, 0.2) is 5.17 Å². The molecule has 2 fully saturated rings. The molecule has 0 N–H and O–H groups in total. The van der Waals surface area contributed by atoms with Crippen molar-refractivity contribution in [1.82, 2.24) is 4.90 Å². The lowest BCUT2D eigenvalue weighted by Crippen LogP contribution is -2.40. The molecule has 2 aliphatic rings. The number of carbonyl (C=O) groups is 1. The lowest BCUT2D eigenvalue weighted by atomic mass is 9.94. The van der Waals surface area contributed by atoms with Crippen molar-refractivity contribution in [1.29, 1.82) is 0 Å². The molecule has 1 heterocycles. The Hall–Kier alpha value is -2.73. The number of thioether (sulfide) groups is 1. The molecule has 38 heavy (non-hydrogen) atoms. The molecule has 1 aliphatic carbocycles. The van der Waals surface area contributed by atoms with E-state index in [4.69, 9.17) is 32.9 Å². The number of para-hydroxylation sites is 2. The topological polar surface area (TPSA) is 41.9 Å². The standard InChI is InChI=1S/C31H30Cl2N2O2S/c1-2-21-10-6-8-14-27(21)34-31-35(25-12-4-3-5-13-25)30(36)29(38-31)18-22-11-7-9-15-28(22)37-20-23-16-17-24(32)19-26(23)33/h6-11,14-19,25H,2-5,12-13,20H2,1H3/b29-18+,34-31?. The zero-order valence-corrected chi connectivity index (χ0v) is 23.7. The number of carbonyl (C=O) groups excluding carboxylic acids is 1. The molecule has 0 bridgehead atoms. The van der Waals surface area contributed by atoms with Gasteiger partial charge >= 0.3 is 0 Å². The van der Waals surface area contributed by atoms with E-state index in [-0.39, 0.29) is 11.9 Å². The van der Waals surface area contributed by atoms with Crippen molar-refractivity contribution in [2.24, 2.45) is 4.99 Å². The van der Waals surface area contributed by atoms with Gasteiger partial charge in [0, 0.05) is 27.2 Å². The minimum Gasteiger partial charge on any atom is -0.488 e. The second-order valence-corrected chi connectivity index (χ2v) is 11.4. The summed E-state index contributed by atoms with van der Waals surface area (Å²) < 4.78 is 6.15. The molecule has 4 nitrogen and oxygen atoms in total. The van der Waals surface area contributed by atoms with Crippen molar-refractivity contribution in [2.45, 2.75) is 58.1 Å². The highest BCUT2D eigenvalue weighted by Crippen LogP contribution is 2.40. The van der Waals surface area contributed by atoms with Gasteiger partial charge in [0.25, 0.3) is 5.91 Å². The Balaban J connectivity index is 1.45. The number of rotatable bonds is 7. The van der Waals surface area contributed by atoms with Gasteiger partial charge in [0.1, 0.15) is 12.4 Å². The highest BCUT2D eigenvalue weighted by molar-refractivity contribution is 8.18. The molecule has 3 aromatic carbocycles. The number of nitrogens with zero attached hydrogens (tertiary/aromatic N) is 2. The molecule has 0 radical (unpaired) electrons. The summed E-state index contributed by atoms with van der Waals surface area (Å²) in [6, 6.07) is 21.5. The van der Waals surface area contributed by atoms with Crippen LogP contribution in [0, 0.1) is 0 Å². The van der Waals surface area contributed by atoms with Gasteiger partial charge in [-0.25, -0.2) is 4.99 Å². The highest BCUT2D eigenvalue weighted by Gasteiger charge is 2.38. The minimum absolute atomic E-state index is 0.0187. The second kappa shape index (κ2) is 12.4. The fourth-order valence-electron chi connectivity index (χ4n) is 4.91. The van der Waals surface area contributed by atoms with Gasteiger partial charge in [-0.1, -0.05) is 91.9 Å². The zero-order valence-electron chi connectivity index (χ0n) is 21.3. The Kier molecular flexibility index (Phi) is 8.78. The summed E-state index contributed by atoms with van der Waals surface area (Å²) in [7, 11) is 0. The van der Waals surface area contributed by atoms with E-state index in [9.17, 15) is 4.79 Å². The molecule has 196 valence electrons. The lowest BCUT2D eigenvalue weighted by Gasteiger charge is -2.30. The fraction of sp³-hybridized carbons (Fsp3) is 0.290. The second-order valence-electron chi connectivity index (χ2n) is 9.52. The third-order valence-corrected chi connectivity index (χ3v) is 8.54. The predicted molar refractivity (Wildman–Crippen MR) is 159 cm³/mol. The molecule has 1 saturated heterocycles. The fourth-order valence-corrected chi connectivity index (χ4v) is 6.42. The number of halogens is 2. The van der Waals surface area contributed by atoms with Crippen LogP contribution in [0.25, 0.3) is 6.08 Å². The van der Waals surface area contributed by atoms with E-state index in [1.165, 1.54) is 23.7 Å². The van der Waals surface area contributed by atoms with Crippen LogP contribution in [-0.2, 0) is 17.8 Å². The van der Waals surface area contributed by atoms with Crippen molar-refractivity contribution in [2.75, 3.05) is 0 Å². The average molecular weight is 566 g/mol. The number of aryl methyl sites for hydroxylation is 1. The summed E-state index contributed by atoms with van der Waals surface area (Å²) >= 11 is 13.8. The molecular weight excluding hydrogens is 535 g/mol. The Morgan fingerprint density at radius 3 is 2.55 bits per heavy atom. The molecule has 5 rings (SSSR count). The first-order chi connectivity index (χ1) is 18.5. The van der Waals surface area contributed by atoms with E-state index in [1.807, 2.05) is 59.5 Å². The van der Waals surface area contributed by atoms with Crippen molar-refractivity contribution in [3.63, 3.8) is 0 Å². The Morgan fingerprint density at radius 1 is 1.00 bits per heavy atom. The molecule has 3 aromatic rings. The molecule has 1 aliphatic heterocycles. The summed E-state index contributed by atoms with van der Waals surface area (Å²) in [5, 5.41) is 1.91. The van der Waals surface area contributed by atoms with Crippen LogP contribution in [0.1, 0.15) is 55.7 Å². The normalized spacial score (nSPS) is 18.5. The lowest BCUT2D eigenvalue weighted by molar-refractivity contribution is -0.124. The number of ether oxygens (including phenoxy) is 1. The van der Waals surface area contributed by atoms with Gasteiger partial charge in [-0.2, -0.15) is 0 Å². The van der Waals surface area contributed by atoms with E-state index in [1.54, 1.807) is 12.1 Å². The number of amidine groups is 1. The van der Waals surface area contributed by atoms with Gasteiger partial charge in [-0.05, 0) is 66.9 Å². The van der Waals surface area contributed by atoms with Crippen LogP contribution in [0.2, 0.25) is 10.0 Å². The van der Waals surface area contributed by atoms with Crippen LogP contribution in [0.15, 0.2) is 76.6 Å². The summed E-state index contributed by atoms with van der Waals surface area (Å²) in [6.45, 7) is 2.43. The first-order valence-corrected chi connectivity index (χ1v) is 14.7. The van der Waals surface area contributed by atoms with E-state index >= 15 is 0 Å². The number of hydrogen-bond donors (Lipinski definition) is 0. The number of amides is 1. The third kappa shape index (κ3) is 6.12. The van der Waals surface area contributed by atoms with Crippen molar-refractivity contribution in [3.05, 3.63) is 98.4 Å². The monoisotopic (exact) mass is 564 g/mol. The predicted octanol–water partition coefficient (Wildman–Crippen LogP) is 9.07. The Bertz CT molecular complexity index is 1380. The summed E-state index contributed by atoms with van der Waals surface area (Å²) in [5.41, 5.74) is 3.79. The van der Waals surface area contributed by atoms with E-state index in [0.29, 0.717) is 27.3 Å². The molecular formula is C31H30Cl2N2O2S. The SMILES string of the molecule is CCc1ccccc1N=C1S/C(=C/c2ccccc2OCc2ccc(Cl)cc2Cl)C(=O)N1C1CCCCC1. The smallest absolute Gasteiger partial charge is 0.267 e.